The molecule has 1 aliphatic rings. The van der Waals surface area contributed by atoms with E-state index in [2.05, 4.69) is 4.98 Å². The van der Waals surface area contributed by atoms with Gasteiger partial charge in [-0.15, -0.1) is 11.6 Å². The van der Waals surface area contributed by atoms with Crippen LogP contribution in [0.3, 0.4) is 0 Å². The van der Waals surface area contributed by atoms with Gasteiger partial charge >= 0.3 is 0 Å². The molecule has 1 aromatic heterocycles. The molecule has 1 unspecified atom stereocenters. The predicted octanol–water partition coefficient (Wildman–Crippen LogP) is 1.84. The maximum atomic E-state index is 12.1. The third-order valence-corrected chi connectivity index (χ3v) is 3.02. The molecule has 0 radical (unpaired) electrons. The molecule has 0 spiro atoms. The summed E-state index contributed by atoms with van der Waals surface area (Å²) in [4.78, 5) is 17.8. The van der Waals surface area contributed by atoms with Gasteiger partial charge in [0.2, 0.25) is 0 Å². The lowest BCUT2D eigenvalue weighted by molar-refractivity contribution is 0.0792. The summed E-state index contributed by atoms with van der Waals surface area (Å²) in [7, 11) is 0. The van der Waals surface area contributed by atoms with Crippen LogP contribution in [0.2, 0.25) is 0 Å². The van der Waals surface area contributed by atoms with Crippen molar-refractivity contribution in [3.05, 3.63) is 29.6 Å². The molecule has 1 atom stereocenters. The van der Waals surface area contributed by atoms with E-state index in [4.69, 9.17) is 11.6 Å². The Balaban J connectivity index is 2.18. The highest BCUT2D eigenvalue weighted by atomic mass is 35.5. The van der Waals surface area contributed by atoms with E-state index in [1.807, 2.05) is 6.92 Å². The quantitative estimate of drug-likeness (QED) is 0.682. The number of hydrogen-bond donors (Lipinski definition) is 0. The van der Waals surface area contributed by atoms with Gasteiger partial charge in [-0.1, -0.05) is 0 Å². The number of alkyl halides is 1. The second-order valence-electron chi connectivity index (χ2n) is 3.83. The van der Waals surface area contributed by atoms with Crippen molar-refractivity contribution in [2.75, 3.05) is 13.1 Å². The predicted molar refractivity (Wildman–Crippen MR) is 59.1 cm³/mol. The van der Waals surface area contributed by atoms with E-state index in [1.54, 1.807) is 23.4 Å². The Kier molecular flexibility index (Phi) is 2.91. The number of aromatic nitrogens is 1. The molecule has 15 heavy (non-hydrogen) atoms. The number of likely N-dealkylation sites (tertiary alicyclic amines) is 1. The molecule has 1 aromatic rings. The van der Waals surface area contributed by atoms with Gasteiger partial charge in [-0.2, -0.15) is 0 Å². The van der Waals surface area contributed by atoms with Crippen LogP contribution in [0.15, 0.2) is 18.5 Å². The monoisotopic (exact) mass is 224 g/mol. The summed E-state index contributed by atoms with van der Waals surface area (Å²) in [5.41, 5.74) is 1.65. The first-order chi connectivity index (χ1) is 7.18. The Bertz CT molecular complexity index is 381. The third kappa shape index (κ3) is 2.12. The smallest absolute Gasteiger partial charge is 0.254 e. The Morgan fingerprint density at radius 2 is 2.47 bits per heavy atom. The van der Waals surface area contributed by atoms with Gasteiger partial charge in [0.05, 0.1) is 5.38 Å². The van der Waals surface area contributed by atoms with Crippen LogP contribution in [0.1, 0.15) is 22.3 Å². The van der Waals surface area contributed by atoms with E-state index in [0.29, 0.717) is 6.54 Å². The fourth-order valence-electron chi connectivity index (χ4n) is 1.79. The minimum atomic E-state index is 0.0676. The van der Waals surface area contributed by atoms with Gasteiger partial charge in [-0.3, -0.25) is 9.78 Å². The maximum Gasteiger partial charge on any atom is 0.254 e. The molecule has 80 valence electrons. The summed E-state index contributed by atoms with van der Waals surface area (Å²) in [6.45, 7) is 3.31. The standard InChI is InChI=1S/C11H13ClN2O/c1-8-6-13-4-2-10(8)11(15)14-5-3-9(12)7-14/h2,4,6,9H,3,5,7H2,1H3. The number of amides is 1. The van der Waals surface area contributed by atoms with E-state index < -0.39 is 0 Å². The zero-order chi connectivity index (χ0) is 10.8. The van der Waals surface area contributed by atoms with Crippen molar-refractivity contribution < 1.29 is 4.79 Å². The van der Waals surface area contributed by atoms with Gasteiger partial charge in [0, 0.05) is 31.0 Å². The average Bonchev–Trinajstić information content (AvgIpc) is 2.65. The molecule has 0 aromatic carbocycles. The summed E-state index contributed by atoms with van der Waals surface area (Å²) in [6.07, 6.45) is 4.24. The molecule has 1 saturated heterocycles. The number of carbonyl (C=O) groups is 1. The minimum absolute atomic E-state index is 0.0676. The van der Waals surface area contributed by atoms with Gasteiger partial charge in [0.25, 0.3) is 5.91 Å². The lowest BCUT2D eigenvalue weighted by Crippen LogP contribution is -2.29. The fraction of sp³-hybridized carbons (Fsp3) is 0.455. The number of hydrogen-bond acceptors (Lipinski definition) is 2. The van der Waals surface area contributed by atoms with E-state index in [-0.39, 0.29) is 11.3 Å². The van der Waals surface area contributed by atoms with E-state index in [9.17, 15) is 4.79 Å². The molecule has 1 aliphatic heterocycles. The van der Waals surface area contributed by atoms with Crippen LogP contribution in [0.4, 0.5) is 0 Å². The van der Waals surface area contributed by atoms with Crippen molar-refractivity contribution in [3.8, 4) is 0 Å². The van der Waals surface area contributed by atoms with Crippen molar-refractivity contribution in [2.24, 2.45) is 0 Å². The number of aryl methyl sites for hydroxylation is 1. The number of nitrogens with zero attached hydrogens (tertiary/aromatic N) is 2. The number of carbonyl (C=O) groups excluding carboxylic acids is 1. The SMILES string of the molecule is Cc1cnccc1C(=O)N1CCC(Cl)C1. The zero-order valence-electron chi connectivity index (χ0n) is 8.61. The molecule has 0 bridgehead atoms. The Morgan fingerprint density at radius 1 is 1.67 bits per heavy atom. The number of halogens is 1. The summed E-state index contributed by atoms with van der Waals surface area (Å²) in [5, 5.41) is 0.107. The molecule has 2 rings (SSSR count). The van der Waals surface area contributed by atoms with E-state index >= 15 is 0 Å². The molecule has 2 heterocycles. The van der Waals surface area contributed by atoms with Crippen LogP contribution in [-0.2, 0) is 0 Å². The molecular formula is C11H13ClN2O. The molecule has 0 N–H and O–H groups in total. The van der Waals surface area contributed by atoms with Crippen molar-refractivity contribution in [3.63, 3.8) is 0 Å². The van der Waals surface area contributed by atoms with Crippen molar-refractivity contribution in [2.45, 2.75) is 18.7 Å². The van der Waals surface area contributed by atoms with Crippen molar-refractivity contribution in [1.82, 2.24) is 9.88 Å². The van der Waals surface area contributed by atoms with Gasteiger partial charge in [-0.25, -0.2) is 0 Å². The number of pyridine rings is 1. The molecule has 4 heteroatoms. The lowest BCUT2D eigenvalue weighted by Gasteiger charge is -2.16. The van der Waals surface area contributed by atoms with E-state index in [0.717, 1.165) is 24.1 Å². The highest BCUT2D eigenvalue weighted by Crippen LogP contribution is 2.18. The second kappa shape index (κ2) is 4.19. The van der Waals surface area contributed by atoms with Crippen LogP contribution in [-0.4, -0.2) is 34.3 Å². The van der Waals surface area contributed by atoms with Crippen LogP contribution in [0.25, 0.3) is 0 Å². The highest BCUT2D eigenvalue weighted by Gasteiger charge is 2.25. The van der Waals surface area contributed by atoms with Gasteiger partial charge in [0.1, 0.15) is 0 Å². The molecular weight excluding hydrogens is 212 g/mol. The van der Waals surface area contributed by atoms with E-state index in [1.165, 1.54) is 0 Å². The normalized spacial score (nSPS) is 20.7. The average molecular weight is 225 g/mol. The maximum absolute atomic E-state index is 12.1. The van der Waals surface area contributed by atoms with Crippen LogP contribution >= 0.6 is 11.6 Å². The van der Waals surface area contributed by atoms with Crippen LogP contribution in [0, 0.1) is 6.92 Å². The number of rotatable bonds is 1. The third-order valence-electron chi connectivity index (χ3n) is 2.67. The Hall–Kier alpha value is -1.09. The first-order valence-electron chi connectivity index (χ1n) is 5.02. The fourth-order valence-corrected chi connectivity index (χ4v) is 2.05. The first-order valence-corrected chi connectivity index (χ1v) is 5.46. The van der Waals surface area contributed by atoms with Crippen molar-refractivity contribution in [1.29, 1.82) is 0 Å². The van der Waals surface area contributed by atoms with Gasteiger partial charge in [0.15, 0.2) is 0 Å². The van der Waals surface area contributed by atoms with Crippen LogP contribution in [0.5, 0.6) is 0 Å². The Morgan fingerprint density at radius 3 is 3.07 bits per heavy atom. The summed E-state index contributed by atoms with van der Waals surface area (Å²) >= 11 is 5.97. The molecule has 0 aliphatic carbocycles. The van der Waals surface area contributed by atoms with Crippen molar-refractivity contribution >= 4 is 17.5 Å². The largest absolute Gasteiger partial charge is 0.337 e. The van der Waals surface area contributed by atoms with Gasteiger partial charge < -0.3 is 4.90 Å². The summed E-state index contributed by atoms with van der Waals surface area (Å²) < 4.78 is 0. The lowest BCUT2D eigenvalue weighted by atomic mass is 10.1. The molecule has 3 nitrogen and oxygen atoms in total. The molecule has 0 saturated carbocycles. The minimum Gasteiger partial charge on any atom is -0.337 e. The first kappa shape index (κ1) is 10.4. The highest BCUT2D eigenvalue weighted by molar-refractivity contribution is 6.21. The van der Waals surface area contributed by atoms with Crippen LogP contribution < -0.4 is 0 Å². The topological polar surface area (TPSA) is 33.2 Å². The summed E-state index contributed by atoms with van der Waals surface area (Å²) in [5.74, 6) is 0.0676. The Labute approximate surface area is 94.1 Å². The second-order valence-corrected chi connectivity index (χ2v) is 4.44. The molecule has 1 amide bonds. The zero-order valence-corrected chi connectivity index (χ0v) is 9.37. The summed E-state index contributed by atoms with van der Waals surface area (Å²) in [6, 6.07) is 1.76. The molecule has 1 fully saturated rings. The van der Waals surface area contributed by atoms with Gasteiger partial charge in [-0.05, 0) is 25.0 Å².